The van der Waals surface area contributed by atoms with Crippen LogP contribution in [0.15, 0.2) is 53.7 Å². The van der Waals surface area contributed by atoms with Crippen LogP contribution < -0.4 is 0 Å². The average molecular weight is 208 g/mol. The molecular formula is C14H12N2. The van der Waals surface area contributed by atoms with Crippen LogP contribution in [0.3, 0.4) is 0 Å². The molecule has 2 heteroatoms. The maximum atomic E-state index is 4.49. The minimum absolute atomic E-state index is 0.183. The lowest BCUT2D eigenvalue weighted by Gasteiger charge is -1.98. The summed E-state index contributed by atoms with van der Waals surface area (Å²) in [6, 6.07) is 14.6. The highest BCUT2D eigenvalue weighted by Gasteiger charge is 2.31. The highest BCUT2D eigenvalue weighted by molar-refractivity contribution is 6.13. The van der Waals surface area contributed by atoms with Gasteiger partial charge >= 0.3 is 0 Å². The summed E-state index contributed by atoms with van der Waals surface area (Å²) in [5, 5.41) is 0. The highest BCUT2D eigenvalue weighted by atomic mass is 15.0. The summed E-state index contributed by atoms with van der Waals surface area (Å²) in [5.74, 6) is 0. The first-order valence-corrected chi connectivity index (χ1v) is 5.40. The Hall–Kier alpha value is -1.96. The third-order valence-electron chi connectivity index (χ3n) is 2.75. The third-order valence-corrected chi connectivity index (χ3v) is 2.75. The van der Waals surface area contributed by atoms with Crippen LogP contribution in [0.25, 0.3) is 0 Å². The van der Waals surface area contributed by atoms with Crippen molar-refractivity contribution in [3.63, 3.8) is 0 Å². The number of pyridine rings is 1. The number of benzene rings is 1. The highest BCUT2D eigenvalue weighted by Crippen LogP contribution is 2.33. The molecule has 3 rings (SSSR count). The number of aromatic nitrogens is 1. The second-order valence-corrected chi connectivity index (χ2v) is 4.04. The van der Waals surface area contributed by atoms with E-state index in [0.717, 1.165) is 11.4 Å². The first kappa shape index (κ1) is 9.28. The van der Waals surface area contributed by atoms with E-state index in [1.165, 1.54) is 11.1 Å². The summed E-state index contributed by atoms with van der Waals surface area (Å²) in [5.41, 5.74) is 4.65. The Labute approximate surface area is 94.7 Å². The van der Waals surface area contributed by atoms with E-state index < -0.39 is 0 Å². The molecule has 1 aliphatic heterocycles. The molecule has 2 nitrogen and oxygen atoms in total. The summed E-state index contributed by atoms with van der Waals surface area (Å²) in [7, 11) is 0. The van der Waals surface area contributed by atoms with Crippen LogP contribution in [0.1, 0.15) is 22.9 Å². The largest absolute Gasteiger partial charge is 0.270 e. The zero-order valence-electron chi connectivity index (χ0n) is 9.09. The molecule has 2 heterocycles. The summed E-state index contributed by atoms with van der Waals surface area (Å²) in [6.45, 7) is 2.08. The van der Waals surface area contributed by atoms with Crippen molar-refractivity contribution in [1.29, 1.82) is 0 Å². The van der Waals surface area contributed by atoms with Gasteiger partial charge in [-0.3, -0.25) is 9.98 Å². The number of hydrogen-bond acceptors (Lipinski definition) is 2. The van der Waals surface area contributed by atoms with E-state index in [2.05, 4.69) is 35.1 Å². The third kappa shape index (κ3) is 1.63. The van der Waals surface area contributed by atoms with Crippen LogP contribution in [0.2, 0.25) is 0 Å². The van der Waals surface area contributed by atoms with E-state index in [9.17, 15) is 0 Å². The Bertz CT molecular complexity index is 544. The number of aliphatic imine (C=N–C) groups is 1. The molecule has 0 aliphatic carbocycles. The van der Waals surface area contributed by atoms with Gasteiger partial charge in [0.1, 0.15) is 6.04 Å². The van der Waals surface area contributed by atoms with Gasteiger partial charge in [-0.25, -0.2) is 0 Å². The molecular weight excluding hydrogens is 196 g/mol. The van der Waals surface area contributed by atoms with Crippen molar-refractivity contribution >= 4 is 5.71 Å². The summed E-state index contributed by atoms with van der Waals surface area (Å²) < 4.78 is 0. The van der Waals surface area contributed by atoms with Crippen LogP contribution >= 0.6 is 0 Å². The molecule has 78 valence electrons. The predicted molar refractivity (Wildman–Crippen MR) is 64.7 cm³/mol. The van der Waals surface area contributed by atoms with Crippen LogP contribution in [-0.4, -0.2) is 10.7 Å². The maximum absolute atomic E-state index is 4.49. The van der Waals surface area contributed by atoms with Gasteiger partial charge in [0.2, 0.25) is 0 Å². The lowest BCUT2D eigenvalue weighted by Crippen LogP contribution is -1.96. The topological polar surface area (TPSA) is 25.2 Å². The van der Waals surface area contributed by atoms with Crippen LogP contribution in [0.5, 0.6) is 0 Å². The van der Waals surface area contributed by atoms with Gasteiger partial charge in [-0.2, -0.15) is 0 Å². The molecule has 1 aliphatic rings. The number of nitrogens with zero attached hydrogens (tertiary/aromatic N) is 2. The quantitative estimate of drug-likeness (QED) is 0.744. The van der Waals surface area contributed by atoms with Crippen LogP contribution in [-0.2, 0) is 0 Å². The lowest BCUT2D eigenvalue weighted by molar-refractivity contribution is 1.02. The second kappa shape index (κ2) is 3.56. The fraction of sp³-hybridized carbons (Fsp3) is 0.143. The van der Waals surface area contributed by atoms with Gasteiger partial charge in [-0.1, -0.05) is 30.3 Å². The molecule has 16 heavy (non-hydrogen) atoms. The summed E-state index contributed by atoms with van der Waals surface area (Å²) >= 11 is 0. The van der Waals surface area contributed by atoms with E-state index in [0.29, 0.717) is 0 Å². The van der Waals surface area contributed by atoms with E-state index in [1.54, 1.807) is 0 Å². The van der Waals surface area contributed by atoms with Gasteiger partial charge in [-0.05, 0) is 30.2 Å². The van der Waals surface area contributed by atoms with Crippen molar-refractivity contribution in [3.8, 4) is 0 Å². The fourth-order valence-electron chi connectivity index (χ4n) is 1.86. The Balaban J connectivity index is 1.84. The van der Waals surface area contributed by atoms with Crippen molar-refractivity contribution in [2.75, 3.05) is 0 Å². The minimum Gasteiger partial charge on any atom is -0.270 e. The van der Waals surface area contributed by atoms with E-state index in [4.69, 9.17) is 0 Å². The smallest absolute Gasteiger partial charge is 0.134 e. The maximum Gasteiger partial charge on any atom is 0.134 e. The molecule has 0 fully saturated rings. The number of hydrogen-bond donors (Lipinski definition) is 0. The molecule has 0 saturated heterocycles. The fourth-order valence-corrected chi connectivity index (χ4v) is 1.86. The van der Waals surface area contributed by atoms with Crippen molar-refractivity contribution in [2.45, 2.75) is 13.0 Å². The van der Waals surface area contributed by atoms with E-state index >= 15 is 0 Å². The lowest BCUT2D eigenvalue weighted by atomic mass is 10.1. The molecule has 0 radical (unpaired) electrons. The average Bonchev–Trinajstić information content (AvgIpc) is 3.10. The molecule has 0 N–H and O–H groups in total. The molecule has 1 atom stereocenters. The van der Waals surface area contributed by atoms with Gasteiger partial charge in [-0.15, -0.1) is 0 Å². The predicted octanol–water partition coefficient (Wildman–Crippen LogP) is 2.93. The van der Waals surface area contributed by atoms with E-state index in [1.807, 2.05) is 30.5 Å². The normalized spacial score (nSPS) is 18.1. The SMILES string of the molecule is Cc1ccnc(C2N=C2c2ccccc2)c1. The molecule has 0 saturated carbocycles. The number of rotatable bonds is 2. The van der Waals surface area contributed by atoms with Gasteiger partial charge < -0.3 is 0 Å². The molecule has 0 amide bonds. The molecule has 1 aromatic carbocycles. The van der Waals surface area contributed by atoms with Crippen LogP contribution in [0.4, 0.5) is 0 Å². The zero-order valence-corrected chi connectivity index (χ0v) is 9.09. The first-order valence-electron chi connectivity index (χ1n) is 5.40. The van der Waals surface area contributed by atoms with E-state index in [-0.39, 0.29) is 6.04 Å². The number of aryl methyl sites for hydroxylation is 1. The Morgan fingerprint density at radius 3 is 2.62 bits per heavy atom. The van der Waals surface area contributed by atoms with Crippen molar-refractivity contribution in [2.24, 2.45) is 4.99 Å². The molecule has 1 aromatic heterocycles. The zero-order chi connectivity index (χ0) is 11.0. The summed E-state index contributed by atoms with van der Waals surface area (Å²) in [6.07, 6.45) is 1.85. The van der Waals surface area contributed by atoms with Gasteiger partial charge in [0.05, 0.1) is 11.4 Å². The van der Waals surface area contributed by atoms with Gasteiger partial charge in [0, 0.05) is 6.20 Å². The monoisotopic (exact) mass is 208 g/mol. The van der Waals surface area contributed by atoms with Crippen LogP contribution in [0, 0.1) is 6.92 Å². The molecule has 0 bridgehead atoms. The van der Waals surface area contributed by atoms with Gasteiger partial charge in [0.25, 0.3) is 0 Å². The van der Waals surface area contributed by atoms with Crippen molar-refractivity contribution in [1.82, 2.24) is 4.98 Å². The Morgan fingerprint density at radius 1 is 1.06 bits per heavy atom. The van der Waals surface area contributed by atoms with Gasteiger partial charge in [0.15, 0.2) is 0 Å². The first-order chi connectivity index (χ1) is 7.84. The Morgan fingerprint density at radius 2 is 1.88 bits per heavy atom. The molecule has 2 aromatic rings. The van der Waals surface area contributed by atoms with Crippen molar-refractivity contribution < 1.29 is 0 Å². The second-order valence-electron chi connectivity index (χ2n) is 4.04. The minimum atomic E-state index is 0.183. The molecule has 1 unspecified atom stereocenters. The summed E-state index contributed by atoms with van der Waals surface area (Å²) in [4.78, 5) is 8.85. The standard InChI is InChI=1S/C14H12N2/c1-10-7-8-15-12(9-10)14-13(16-14)11-5-3-2-4-6-11/h2-9,14H,1H3. The van der Waals surface area contributed by atoms with Crippen molar-refractivity contribution in [3.05, 3.63) is 65.5 Å². The Kier molecular flexibility index (Phi) is 2.07. The molecule has 0 spiro atoms.